The summed E-state index contributed by atoms with van der Waals surface area (Å²) < 4.78 is 6.33. The Hall–Kier alpha value is 0.540. The molecule has 0 rings (SSSR count). The molecule has 0 saturated heterocycles. The molecule has 1 nitrogen and oxygen atoms in total. The first-order valence-corrected chi connectivity index (χ1v) is 16.1. The number of alkyl halides is 2. The Morgan fingerprint density at radius 3 is 1.00 bits per heavy atom. The molecule has 0 aliphatic rings. The zero-order chi connectivity index (χ0) is 27.0. The second-order valence-corrected chi connectivity index (χ2v) is 14.7. The van der Waals surface area contributed by atoms with Gasteiger partial charge in [0.25, 0.3) is 0 Å². The van der Waals surface area contributed by atoms with Gasteiger partial charge in [0, 0.05) is 10.8 Å². The fourth-order valence-corrected chi connectivity index (χ4v) is 7.13. The highest BCUT2D eigenvalue weighted by Crippen LogP contribution is 2.27. The van der Waals surface area contributed by atoms with E-state index in [0.29, 0.717) is 23.0 Å². The Kier molecular flexibility index (Phi) is 20.8. The predicted molar refractivity (Wildman–Crippen MR) is 161 cm³/mol. The van der Waals surface area contributed by atoms with Gasteiger partial charge >= 0.3 is 0 Å². The zero-order valence-electron chi connectivity index (χ0n) is 25.4. The molecule has 0 aromatic heterocycles. The molecule has 212 valence electrons. The summed E-state index contributed by atoms with van der Waals surface area (Å²) >= 11 is 12.3. The van der Waals surface area contributed by atoms with Crippen molar-refractivity contribution in [2.45, 2.75) is 169 Å². The Morgan fingerprint density at radius 1 is 0.400 bits per heavy atom. The third-order valence-corrected chi connectivity index (χ3v) is 8.11. The van der Waals surface area contributed by atoms with Crippen LogP contribution < -0.4 is 0 Å². The van der Waals surface area contributed by atoms with Crippen molar-refractivity contribution in [3.63, 3.8) is 0 Å². The normalized spacial score (nSPS) is 20.9. The summed E-state index contributed by atoms with van der Waals surface area (Å²) in [7, 11) is 0. The summed E-state index contributed by atoms with van der Waals surface area (Å²) in [5.41, 5.74) is 0. The summed E-state index contributed by atoms with van der Waals surface area (Å²) in [6, 6.07) is 0. The van der Waals surface area contributed by atoms with Gasteiger partial charge in [-0.1, -0.05) is 67.2 Å². The van der Waals surface area contributed by atoms with E-state index in [-0.39, 0.29) is 0 Å². The molecule has 0 fully saturated rings. The maximum Gasteiger partial charge on any atom is 0.0550 e. The Morgan fingerprint density at radius 2 is 0.686 bits per heavy atom. The molecule has 0 aromatic carbocycles. The summed E-state index contributed by atoms with van der Waals surface area (Å²) in [5.74, 6) is 4.68. The van der Waals surface area contributed by atoms with Gasteiger partial charge in [-0.2, -0.15) is 0 Å². The Bertz CT molecular complexity index is 438. The van der Waals surface area contributed by atoms with Crippen molar-refractivity contribution in [2.75, 3.05) is 0 Å². The van der Waals surface area contributed by atoms with Crippen LogP contribution in [0.3, 0.4) is 0 Å². The number of hydrogen-bond acceptors (Lipinski definition) is 1. The molecule has 35 heavy (non-hydrogen) atoms. The van der Waals surface area contributed by atoms with E-state index in [9.17, 15) is 0 Å². The summed E-state index contributed by atoms with van der Waals surface area (Å²) in [4.78, 5) is 0. The van der Waals surface area contributed by atoms with Crippen molar-refractivity contribution < 1.29 is 4.74 Å². The smallest absolute Gasteiger partial charge is 0.0550 e. The molecule has 0 bridgehead atoms. The van der Waals surface area contributed by atoms with Crippen LogP contribution in [0.5, 0.6) is 0 Å². The molecular weight excluding hydrogens is 471 g/mol. The third-order valence-electron chi connectivity index (χ3n) is 7.75. The summed E-state index contributed by atoms with van der Waals surface area (Å²) in [6.45, 7) is 23.2. The summed E-state index contributed by atoms with van der Waals surface area (Å²) in [5, 5.41) is 0.602. The van der Waals surface area contributed by atoms with Gasteiger partial charge in [-0.3, -0.25) is 0 Å². The van der Waals surface area contributed by atoms with Crippen LogP contribution in [0.25, 0.3) is 0 Å². The topological polar surface area (TPSA) is 9.23 Å². The number of hydrogen-bond donors (Lipinski definition) is 0. The first-order chi connectivity index (χ1) is 16.3. The molecule has 0 radical (unpaired) electrons. The molecule has 0 N–H and O–H groups in total. The van der Waals surface area contributed by atoms with E-state index in [0.717, 1.165) is 48.3 Å². The van der Waals surface area contributed by atoms with Crippen LogP contribution in [0.2, 0.25) is 0 Å². The SMILES string of the molecule is CC(Cl)CC(C)CC(C)CC(C)CCCC(C)OC(C)CCCC(C)CC(C)CC(C)CC(C)Cl. The minimum absolute atomic E-state index is 0.301. The van der Waals surface area contributed by atoms with E-state index < -0.39 is 0 Å². The van der Waals surface area contributed by atoms with Gasteiger partial charge in [0.2, 0.25) is 0 Å². The lowest BCUT2D eigenvalue weighted by molar-refractivity contribution is -0.00320. The number of ether oxygens (including phenoxy) is 1. The van der Waals surface area contributed by atoms with Crippen LogP contribution in [0, 0.1) is 35.5 Å². The van der Waals surface area contributed by atoms with Crippen LogP contribution in [-0.2, 0) is 4.74 Å². The molecule has 10 unspecified atom stereocenters. The van der Waals surface area contributed by atoms with Crippen molar-refractivity contribution in [1.29, 1.82) is 0 Å². The monoisotopic (exact) mass is 534 g/mol. The maximum atomic E-state index is 6.33. The highest BCUT2D eigenvalue weighted by Gasteiger charge is 2.17. The van der Waals surface area contributed by atoms with Crippen molar-refractivity contribution >= 4 is 23.2 Å². The second kappa shape index (κ2) is 20.5. The highest BCUT2D eigenvalue weighted by molar-refractivity contribution is 6.20. The lowest BCUT2D eigenvalue weighted by atomic mass is 9.86. The second-order valence-electron chi connectivity index (χ2n) is 13.2. The van der Waals surface area contributed by atoms with Gasteiger partial charge in [-0.25, -0.2) is 0 Å². The number of rotatable bonds is 22. The highest BCUT2D eigenvalue weighted by atomic mass is 35.5. The van der Waals surface area contributed by atoms with Crippen molar-refractivity contribution in [3.05, 3.63) is 0 Å². The minimum Gasteiger partial charge on any atom is -0.376 e. The minimum atomic E-state index is 0.301. The Balaban J connectivity index is 3.93. The van der Waals surface area contributed by atoms with Crippen LogP contribution in [0.4, 0.5) is 0 Å². The molecule has 0 heterocycles. The fourth-order valence-electron chi connectivity index (χ4n) is 6.52. The van der Waals surface area contributed by atoms with E-state index in [2.05, 4.69) is 69.2 Å². The molecule has 0 aliphatic heterocycles. The quantitative estimate of drug-likeness (QED) is 0.125. The molecule has 0 saturated carbocycles. The Labute approximate surface area is 232 Å². The zero-order valence-corrected chi connectivity index (χ0v) is 26.9. The average molecular weight is 536 g/mol. The predicted octanol–water partition coefficient (Wildman–Crippen LogP) is 11.5. The molecule has 0 aromatic rings. The van der Waals surface area contributed by atoms with E-state index in [1.54, 1.807) is 0 Å². The van der Waals surface area contributed by atoms with Gasteiger partial charge in [0.1, 0.15) is 0 Å². The third kappa shape index (κ3) is 22.3. The molecule has 10 atom stereocenters. The first-order valence-electron chi connectivity index (χ1n) is 15.2. The van der Waals surface area contributed by atoms with Gasteiger partial charge in [-0.15, -0.1) is 23.2 Å². The molecule has 3 heteroatoms. The van der Waals surface area contributed by atoms with Gasteiger partial charge < -0.3 is 4.74 Å². The van der Waals surface area contributed by atoms with Crippen LogP contribution in [0.1, 0.15) is 146 Å². The molecule has 0 spiro atoms. The lowest BCUT2D eigenvalue weighted by Crippen LogP contribution is -2.18. The summed E-state index contributed by atoms with van der Waals surface area (Å²) in [6.07, 6.45) is 15.9. The van der Waals surface area contributed by atoms with Crippen molar-refractivity contribution in [1.82, 2.24) is 0 Å². The standard InChI is InChI=1S/C32H64Cl2O/c1-23(17-25(3)19-27(5)21-29(7)33)13-11-15-31(9)35-32(10)16-12-14-24(2)18-26(4)20-28(6)22-30(8)34/h23-32H,11-22H2,1-10H3. The average Bonchev–Trinajstić information content (AvgIpc) is 2.65. The van der Waals surface area contributed by atoms with Crippen LogP contribution >= 0.6 is 23.2 Å². The lowest BCUT2D eigenvalue weighted by Gasteiger charge is -2.23. The van der Waals surface area contributed by atoms with Crippen LogP contribution in [-0.4, -0.2) is 23.0 Å². The van der Waals surface area contributed by atoms with Crippen molar-refractivity contribution in [2.24, 2.45) is 35.5 Å². The largest absolute Gasteiger partial charge is 0.376 e. The fraction of sp³-hybridized carbons (Fsp3) is 1.00. The van der Waals surface area contributed by atoms with E-state index >= 15 is 0 Å². The van der Waals surface area contributed by atoms with Crippen molar-refractivity contribution in [3.8, 4) is 0 Å². The first kappa shape index (κ1) is 35.5. The van der Waals surface area contributed by atoms with E-state index in [1.807, 2.05) is 0 Å². The molecule has 0 aliphatic carbocycles. The number of halogens is 2. The molecular formula is C32H64Cl2O. The van der Waals surface area contributed by atoms with Gasteiger partial charge in [0.15, 0.2) is 0 Å². The van der Waals surface area contributed by atoms with E-state index in [1.165, 1.54) is 64.2 Å². The van der Waals surface area contributed by atoms with Crippen LogP contribution in [0.15, 0.2) is 0 Å². The van der Waals surface area contributed by atoms with Gasteiger partial charge in [0.05, 0.1) is 12.2 Å². The molecule has 0 amide bonds. The van der Waals surface area contributed by atoms with Gasteiger partial charge in [-0.05, 0) is 115 Å². The maximum absolute atomic E-state index is 6.33. The van der Waals surface area contributed by atoms with E-state index in [4.69, 9.17) is 27.9 Å².